The van der Waals surface area contributed by atoms with Crippen LogP contribution < -0.4 is 10.2 Å². The molecule has 0 spiro atoms. The van der Waals surface area contributed by atoms with Crippen molar-refractivity contribution in [1.82, 2.24) is 20.2 Å². The minimum atomic E-state index is 0.222. The van der Waals surface area contributed by atoms with Crippen molar-refractivity contribution in [2.45, 2.75) is 13.3 Å². The molecule has 0 unspecified atom stereocenters. The number of carbonyl (C=O) groups excluding carboxylic acids is 1. The number of nitrogens with zero attached hydrogens (tertiary/aromatic N) is 4. The minimum absolute atomic E-state index is 0.222. The van der Waals surface area contributed by atoms with E-state index in [0.29, 0.717) is 13.0 Å². The fourth-order valence-electron chi connectivity index (χ4n) is 2.71. The molecule has 6 nitrogen and oxygen atoms in total. The van der Waals surface area contributed by atoms with Crippen LogP contribution in [0.2, 0.25) is 0 Å². The molecule has 3 heterocycles. The molecule has 1 N–H and O–H groups in total. The number of hydrogen-bond acceptors (Lipinski definition) is 6. The third-order valence-corrected chi connectivity index (χ3v) is 4.88. The molecule has 0 radical (unpaired) electrons. The average molecular weight is 319 g/mol. The van der Waals surface area contributed by atoms with E-state index in [-0.39, 0.29) is 5.91 Å². The van der Waals surface area contributed by atoms with Gasteiger partial charge in [-0.05, 0) is 13.0 Å². The summed E-state index contributed by atoms with van der Waals surface area (Å²) >= 11 is 1.67. The number of nitrogens with one attached hydrogen (secondary N) is 1. The maximum absolute atomic E-state index is 12.2. The highest BCUT2D eigenvalue weighted by Gasteiger charge is 2.17. The molecule has 1 aliphatic rings. The number of thiophene rings is 1. The molecular formula is C15H21N5OS. The summed E-state index contributed by atoms with van der Waals surface area (Å²) in [4.78, 5) is 27.2. The normalized spacial score (nSPS) is 15.3. The maximum atomic E-state index is 12.2. The first-order valence-corrected chi connectivity index (χ1v) is 8.37. The SMILES string of the molecule is Cc1cc2c(N(C)CCC(=O)N3CCNCC3)ncnc2s1. The highest BCUT2D eigenvalue weighted by molar-refractivity contribution is 7.18. The molecule has 2 aromatic rings. The van der Waals surface area contributed by atoms with Crippen molar-refractivity contribution in [1.29, 1.82) is 0 Å². The van der Waals surface area contributed by atoms with E-state index in [0.717, 1.165) is 42.2 Å². The van der Waals surface area contributed by atoms with Crippen molar-refractivity contribution >= 4 is 33.3 Å². The molecule has 2 aromatic heterocycles. The van der Waals surface area contributed by atoms with E-state index in [1.165, 1.54) is 4.88 Å². The Labute approximate surface area is 134 Å². The van der Waals surface area contributed by atoms with Gasteiger partial charge in [0.05, 0.1) is 5.39 Å². The smallest absolute Gasteiger partial charge is 0.224 e. The van der Waals surface area contributed by atoms with Crippen molar-refractivity contribution in [3.05, 3.63) is 17.3 Å². The van der Waals surface area contributed by atoms with Crippen LogP contribution in [0.15, 0.2) is 12.4 Å². The zero-order valence-corrected chi connectivity index (χ0v) is 13.8. The van der Waals surface area contributed by atoms with E-state index >= 15 is 0 Å². The topological polar surface area (TPSA) is 61.4 Å². The Bertz CT molecular complexity index is 665. The van der Waals surface area contributed by atoms with Crippen molar-refractivity contribution in [2.75, 3.05) is 44.7 Å². The molecule has 0 atom stereocenters. The zero-order valence-electron chi connectivity index (χ0n) is 13.0. The number of anilines is 1. The number of rotatable bonds is 4. The Morgan fingerprint density at radius 2 is 2.18 bits per heavy atom. The predicted octanol–water partition coefficient (Wildman–Crippen LogP) is 1.26. The summed E-state index contributed by atoms with van der Waals surface area (Å²) in [7, 11) is 1.99. The van der Waals surface area contributed by atoms with Gasteiger partial charge in [0.25, 0.3) is 0 Å². The molecular weight excluding hydrogens is 298 g/mol. The Morgan fingerprint density at radius 1 is 1.41 bits per heavy atom. The molecule has 7 heteroatoms. The lowest BCUT2D eigenvalue weighted by Crippen LogP contribution is -2.47. The van der Waals surface area contributed by atoms with Crippen LogP contribution in [0.3, 0.4) is 0 Å². The summed E-state index contributed by atoms with van der Waals surface area (Å²) in [5.41, 5.74) is 0. The molecule has 22 heavy (non-hydrogen) atoms. The summed E-state index contributed by atoms with van der Waals surface area (Å²) in [6.07, 6.45) is 2.12. The predicted molar refractivity (Wildman–Crippen MR) is 89.5 cm³/mol. The average Bonchev–Trinajstić information content (AvgIpc) is 2.93. The van der Waals surface area contributed by atoms with Gasteiger partial charge in [-0.15, -0.1) is 11.3 Å². The number of aryl methyl sites for hydroxylation is 1. The van der Waals surface area contributed by atoms with E-state index in [2.05, 4.69) is 33.2 Å². The Hall–Kier alpha value is -1.73. The monoisotopic (exact) mass is 319 g/mol. The van der Waals surface area contributed by atoms with Crippen LogP contribution in [0.5, 0.6) is 0 Å². The zero-order chi connectivity index (χ0) is 15.5. The lowest BCUT2D eigenvalue weighted by atomic mass is 10.2. The molecule has 0 aliphatic carbocycles. The highest BCUT2D eigenvalue weighted by Crippen LogP contribution is 2.29. The van der Waals surface area contributed by atoms with Gasteiger partial charge in [-0.25, -0.2) is 9.97 Å². The van der Waals surface area contributed by atoms with E-state index < -0.39 is 0 Å². The van der Waals surface area contributed by atoms with Gasteiger partial charge < -0.3 is 15.1 Å². The van der Waals surface area contributed by atoms with Gasteiger partial charge in [0, 0.05) is 51.1 Å². The van der Waals surface area contributed by atoms with Crippen LogP contribution in [-0.4, -0.2) is 60.5 Å². The Kier molecular flexibility index (Phi) is 4.54. The highest BCUT2D eigenvalue weighted by atomic mass is 32.1. The molecule has 0 saturated carbocycles. The first kappa shape index (κ1) is 15.2. The Balaban J connectivity index is 1.65. The molecule has 1 fully saturated rings. The summed E-state index contributed by atoms with van der Waals surface area (Å²) in [5.74, 6) is 1.13. The fraction of sp³-hybridized carbons (Fsp3) is 0.533. The van der Waals surface area contributed by atoms with Gasteiger partial charge in [0.2, 0.25) is 5.91 Å². The van der Waals surface area contributed by atoms with Crippen LogP contribution in [0, 0.1) is 6.92 Å². The van der Waals surface area contributed by atoms with Gasteiger partial charge in [-0.1, -0.05) is 0 Å². The van der Waals surface area contributed by atoms with E-state index in [1.807, 2.05) is 11.9 Å². The van der Waals surface area contributed by atoms with Crippen LogP contribution >= 0.6 is 11.3 Å². The van der Waals surface area contributed by atoms with E-state index in [4.69, 9.17) is 0 Å². The standard InChI is InChI=1S/C15H21N5OS/c1-11-9-12-14(17-10-18-15(12)22-11)19(2)6-3-13(21)20-7-4-16-5-8-20/h9-10,16H,3-8H2,1-2H3. The number of hydrogen-bond donors (Lipinski definition) is 1. The molecule has 3 rings (SSSR count). The van der Waals surface area contributed by atoms with Crippen LogP contribution in [0.4, 0.5) is 5.82 Å². The molecule has 1 saturated heterocycles. The first-order valence-electron chi connectivity index (χ1n) is 7.56. The third kappa shape index (κ3) is 3.20. The van der Waals surface area contributed by atoms with Crippen molar-refractivity contribution in [3.8, 4) is 0 Å². The molecule has 118 valence electrons. The van der Waals surface area contributed by atoms with Gasteiger partial charge in [0.1, 0.15) is 17.0 Å². The van der Waals surface area contributed by atoms with E-state index in [1.54, 1.807) is 17.7 Å². The second-order valence-corrected chi connectivity index (χ2v) is 6.81. The van der Waals surface area contributed by atoms with Crippen LogP contribution in [-0.2, 0) is 4.79 Å². The van der Waals surface area contributed by atoms with E-state index in [9.17, 15) is 4.79 Å². The second kappa shape index (κ2) is 6.58. The van der Waals surface area contributed by atoms with Crippen molar-refractivity contribution in [2.24, 2.45) is 0 Å². The number of amides is 1. The first-order chi connectivity index (χ1) is 10.6. The lowest BCUT2D eigenvalue weighted by Gasteiger charge is -2.28. The number of aromatic nitrogens is 2. The van der Waals surface area contributed by atoms with Crippen molar-refractivity contribution < 1.29 is 4.79 Å². The Morgan fingerprint density at radius 3 is 2.95 bits per heavy atom. The molecule has 1 amide bonds. The lowest BCUT2D eigenvalue weighted by molar-refractivity contribution is -0.131. The fourth-order valence-corrected chi connectivity index (χ4v) is 3.55. The third-order valence-electron chi connectivity index (χ3n) is 3.92. The van der Waals surface area contributed by atoms with Gasteiger partial charge in [0.15, 0.2) is 0 Å². The van der Waals surface area contributed by atoms with Gasteiger partial charge >= 0.3 is 0 Å². The largest absolute Gasteiger partial charge is 0.359 e. The maximum Gasteiger partial charge on any atom is 0.224 e. The summed E-state index contributed by atoms with van der Waals surface area (Å²) < 4.78 is 0. The van der Waals surface area contributed by atoms with Gasteiger partial charge in [-0.3, -0.25) is 4.79 Å². The van der Waals surface area contributed by atoms with Crippen LogP contribution in [0.1, 0.15) is 11.3 Å². The quantitative estimate of drug-likeness (QED) is 0.919. The minimum Gasteiger partial charge on any atom is -0.359 e. The van der Waals surface area contributed by atoms with Crippen LogP contribution in [0.25, 0.3) is 10.2 Å². The molecule has 1 aliphatic heterocycles. The number of carbonyl (C=O) groups is 1. The summed E-state index contributed by atoms with van der Waals surface area (Å²) in [6, 6.07) is 2.12. The molecule has 0 bridgehead atoms. The number of piperazine rings is 1. The van der Waals surface area contributed by atoms with Crippen molar-refractivity contribution in [3.63, 3.8) is 0 Å². The van der Waals surface area contributed by atoms with Gasteiger partial charge in [-0.2, -0.15) is 0 Å². The second-order valence-electron chi connectivity index (χ2n) is 5.58. The molecule has 0 aromatic carbocycles. The summed E-state index contributed by atoms with van der Waals surface area (Å²) in [5, 5.41) is 4.33. The number of fused-ring (bicyclic) bond motifs is 1. The summed E-state index contributed by atoms with van der Waals surface area (Å²) in [6.45, 7) is 6.15.